The molecule has 2 aromatic rings. The van der Waals surface area contributed by atoms with Gasteiger partial charge in [-0.1, -0.05) is 11.6 Å². The Balaban J connectivity index is 2.17. The molecule has 21 heavy (non-hydrogen) atoms. The lowest BCUT2D eigenvalue weighted by Gasteiger charge is -2.17. The van der Waals surface area contributed by atoms with Gasteiger partial charge in [0.05, 0.1) is 21.0 Å². The van der Waals surface area contributed by atoms with Crippen LogP contribution in [0.25, 0.3) is 9.88 Å². The van der Waals surface area contributed by atoms with Crippen LogP contribution in [0.2, 0.25) is 4.34 Å². The summed E-state index contributed by atoms with van der Waals surface area (Å²) >= 11 is 8.77. The topological polar surface area (TPSA) is 53.4 Å². The van der Waals surface area contributed by atoms with Gasteiger partial charge < -0.3 is 10.0 Å². The van der Waals surface area contributed by atoms with E-state index in [1.807, 2.05) is 19.1 Å². The number of halogens is 1. The molecule has 114 valence electrons. The first kappa shape index (κ1) is 16.4. The Morgan fingerprint density at radius 2 is 2.19 bits per heavy atom. The van der Waals surface area contributed by atoms with Gasteiger partial charge in [-0.15, -0.1) is 22.7 Å². The number of amides is 1. The Hall–Kier alpha value is -0.950. The maximum Gasteiger partial charge on any atom is 0.265 e. The number of hydrogen-bond acceptors (Lipinski definition) is 5. The summed E-state index contributed by atoms with van der Waals surface area (Å²) in [5.74, 6) is -0.0560. The van der Waals surface area contributed by atoms with E-state index in [0.717, 1.165) is 15.6 Å². The van der Waals surface area contributed by atoms with E-state index in [0.29, 0.717) is 22.2 Å². The van der Waals surface area contributed by atoms with Crippen LogP contribution in [0.5, 0.6) is 0 Å². The fourth-order valence-corrected chi connectivity index (χ4v) is 3.94. The van der Waals surface area contributed by atoms with Crippen LogP contribution < -0.4 is 0 Å². The number of hydrogen-bond donors (Lipinski definition) is 1. The molecule has 0 spiro atoms. The van der Waals surface area contributed by atoms with Crippen LogP contribution in [0.15, 0.2) is 12.1 Å². The number of thiophene rings is 1. The lowest BCUT2D eigenvalue weighted by Crippen LogP contribution is -2.29. The van der Waals surface area contributed by atoms with Crippen LogP contribution in [-0.2, 0) is 0 Å². The SMILES string of the molecule is Cc1nc(-c2ccc(Cl)s2)sc1C(=O)N(C)CCC(C)O. The van der Waals surface area contributed by atoms with Gasteiger partial charge in [-0.2, -0.15) is 0 Å². The van der Waals surface area contributed by atoms with Crippen molar-refractivity contribution in [1.29, 1.82) is 0 Å². The average Bonchev–Trinajstić information content (AvgIpc) is 3.01. The van der Waals surface area contributed by atoms with Crippen LogP contribution in [0.4, 0.5) is 0 Å². The summed E-state index contributed by atoms with van der Waals surface area (Å²) in [6.07, 6.45) is 0.152. The number of aliphatic hydroxyl groups excluding tert-OH is 1. The smallest absolute Gasteiger partial charge is 0.265 e. The van der Waals surface area contributed by atoms with E-state index >= 15 is 0 Å². The largest absolute Gasteiger partial charge is 0.393 e. The van der Waals surface area contributed by atoms with Crippen molar-refractivity contribution in [1.82, 2.24) is 9.88 Å². The zero-order valence-corrected chi connectivity index (χ0v) is 14.5. The summed E-state index contributed by atoms with van der Waals surface area (Å²) in [6.45, 7) is 4.08. The lowest BCUT2D eigenvalue weighted by atomic mass is 10.2. The van der Waals surface area contributed by atoms with Crippen molar-refractivity contribution in [2.24, 2.45) is 0 Å². The minimum Gasteiger partial charge on any atom is -0.393 e. The molecule has 1 amide bonds. The first-order chi connectivity index (χ1) is 9.88. The Kier molecular flexibility index (Phi) is 5.37. The van der Waals surface area contributed by atoms with Crippen LogP contribution in [0.3, 0.4) is 0 Å². The molecule has 0 bridgehead atoms. The van der Waals surface area contributed by atoms with Gasteiger partial charge in [-0.3, -0.25) is 4.79 Å². The van der Waals surface area contributed by atoms with Gasteiger partial charge >= 0.3 is 0 Å². The number of aromatic nitrogens is 1. The lowest BCUT2D eigenvalue weighted by molar-refractivity contribution is 0.0773. The van der Waals surface area contributed by atoms with E-state index in [2.05, 4.69) is 4.98 Å². The molecule has 7 heteroatoms. The van der Waals surface area contributed by atoms with Crippen LogP contribution in [0, 0.1) is 6.92 Å². The molecule has 0 aliphatic heterocycles. The quantitative estimate of drug-likeness (QED) is 0.900. The highest BCUT2D eigenvalue weighted by molar-refractivity contribution is 7.24. The highest BCUT2D eigenvalue weighted by atomic mass is 35.5. The Morgan fingerprint density at radius 1 is 1.48 bits per heavy atom. The summed E-state index contributed by atoms with van der Waals surface area (Å²) in [5, 5.41) is 10.1. The van der Waals surface area contributed by atoms with E-state index in [-0.39, 0.29) is 5.91 Å². The number of carbonyl (C=O) groups excluding carboxylic acids is 1. The molecular weight excluding hydrogens is 328 g/mol. The number of nitrogens with zero attached hydrogens (tertiary/aromatic N) is 2. The normalized spacial score (nSPS) is 12.4. The second-order valence-electron chi connectivity index (χ2n) is 4.90. The number of aryl methyl sites for hydroxylation is 1. The number of rotatable bonds is 5. The maximum atomic E-state index is 12.4. The molecule has 0 aliphatic rings. The molecule has 1 N–H and O–H groups in total. The molecule has 2 rings (SSSR count). The Bertz CT molecular complexity index is 637. The van der Waals surface area contributed by atoms with Gasteiger partial charge in [0.15, 0.2) is 0 Å². The third-order valence-electron chi connectivity index (χ3n) is 3.00. The number of thiazole rings is 1. The standard InChI is InChI=1S/C14H17ClN2O2S2/c1-8(18)6-7-17(3)14(19)12-9(2)16-13(21-12)10-4-5-11(15)20-10/h4-5,8,18H,6-7H2,1-3H3. The zero-order chi connectivity index (χ0) is 15.6. The van der Waals surface area contributed by atoms with Gasteiger partial charge in [0, 0.05) is 13.6 Å². The van der Waals surface area contributed by atoms with Crippen molar-refractivity contribution >= 4 is 40.2 Å². The van der Waals surface area contributed by atoms with Gasteiger partial charge in [-0.25, -0.2) is 4.98 Å². The maximum absolute atomic E-state index is 12.4. The molecule has 1 atom stereocenters. The van der Waals surface area contributed by atoms with Crippen molar-refractivity contribution in [2.75, 3.05) is 13.6 Å². The third-order valence-corrected chi connectivity index (χ3v) is 5.55. The minimum absolute atomic E-state index is 0.0560. The molecule has 2 heterocycles. The molecular formula is C14H17ClN2O2S2. The van der Waals surface area contributed by atoms with E-state index < -0.39 is 6.10 Å². The Morgan fingerprint density at radius 3 is 2.76 bits per heavy atom. The van der Waals surface area contributed by atoms with Crippen LogP contribution >= 0.6 is 34.3 Å². The molecule has 1 unspecified atom stereocenters. The van der Waals surface area contributed by atoms with E-state index in [4.69, 9.17) is 11.6 Å². The van der Waals surface area contributed by atoms with Crippen molar-refractivity contribution in [3.05, 3.63) is 27.0 Å². The van der Waals surface area contributed by atoms with Gasteiger partial charge in [0.2, 0.25) is 0 Å². The molecule has 0 saturated carbocycles. The number of carbonyl (C=O) groups is 1. The molecule has 2 aromatic heterocycles. The van der Waals surface area contributed by atoms with E-state index in [9.17, 15) is 9.90 Å². The average molecular weight is 345 g/mol. The molecule has 0 fully saturated rings. The third kappa shape index (κ3) is 4.03. The monoisotopic (exact) mass is 344 g/mol. The highest BCUT2D eigenvalue weighted by Crippen LogP contribution is 2.35. The first-order valence-electron chi connectivity index (χ1n) is 6.55. The van der Waals surface area contributed by atoms with Crippen molar-refractivity contribution in [3.8, 4) is 9.88 Å². The van der Waals surface area contributed by atoms with E-state index in [1.165, 1.54) is 22.7 Å². The predicted molar refractivity (Wildman–Crippen MR) is 88.4 cm³/mol. The molecule has 0 aliphatic carbocycles. The van der Waals surface area contributed by atoms with Crippen molar-refractivity contribution < 1.29 is 9.90 Å². The molecule has 0 aromatic carbocycles. The van der Waals surface area contributed by atoms with Crippen LogP contribution in [0.1, 0.15) is 28.7 Å². The molecule has 0 radical (unpaired) electrons. The second-order valence-corrected chi connectivity index (χ2v) is 7.62. The van der Waals surface area contributed by atoms with Crippen molar-refractivity contribution in [3.63, 3.8) is 0 Å². The number of aliphatic hydroxyl groups is 1. The summed E-state index contributed by atoms with van der Waals surface area (Å²) in [4.78, 5) is 20.1. The summed E-state index contributed by atoms with van der Waals surface area (Å²) in [5.41, 5.74) is 0.730. The summed E-state index contributed by atoms with van der Waals surface area (Å²) < 4.78 is 0.708. The van der Waals surface area contributed by atoms with Gasteiger partial charge in [0.1, 0.15) is 9.88 Å². The van der Waals surface area contributed by atoms with E-state index in [1.54, 1.807) is 18.9 Å². The Labute approximate surface area is 137 Å². The highest BCUT2D eigenvalue weighted by Gasteiger charge is 2.20. The molecule has 0 saturated heterocycles. The fraction of sp³-hybridized carbons (Fsp3) is 0.429. The summed E-state index contributed by atoms with van der Waals surface area (Å²) in [7, 11) is 1.74. The predicted octanol–water partition coefficient (Wildman–Crippen LogP) is 3.68. The van der Waals surface area contributed by atoms with Crippen molar-refractivity contribution in [2.45, 2.75) is 26.4 Å². The second kappa shape index (κ2) is 6.87. The zero-order valence-electron chi connectivity index (χ0n) is 12.1. The van der Waals surface area contributed by atoms with Crippen LogP contribution in [-0.4, -0.2) is 40.6 Å². The fourth-order valence-electron chi connectivity index (χ4n) is 1.78. The minimum atomic E-state index is -0.411. The van der Waals surface area contributed by atoms with Gasteiger partial charge in [0.25, 0.3) is 5.91 Å². The summed E-state index contributed by atoms with van der Waals surface area (Å²) in [6, 6.07) is 3.74. The first-order valence-corrected chi connectivity index (χ1v) is 8.56. The van der Waals surface area contributed by atoms with Gasteiger partial charge in [-0.05, 0) is 32.4 Å². The molecule has 4 nitrogen and oxygen atoms in total.